The molecule has 1 aromatic carbocycles. The number of rotatable bonds is 2. The van der Waals surface area contributed by atoms with E-state index in [0.717, 1.165) is 12.1 Å². The highest BCUT2D eigenvalue weighted by Crippen LogP contribution is 2.26. The summed E-state index contributed by atoms with van der Waals surface area (Å²) in [7, 11) is 0. The number of halogens is 2. The van der Waals surface area contributed by atoms with Gasteiger partial charge in [0.1, 0.15) is 17.7 Å². The Morgan fingerprint density at radius 2 is 1.75 bits per heavy atom. The second kappa shape index (κ2) is 5.25. The second-order valence-corrected chi connectivity index (χ2v) is 4.59. The van der Waals surface area contributed by atoms with Crippen molar-refractivity contribution in [3.63, 3.8) is 0 Å². The van der Waals surface area contributed by atoms with E-state index in [2.05, 4.69) is 10.3 Å². The summed E-state index contributed by atoms with van der Waals surface area (Å²) in [5.74, 6) is -1.07. The molecule has 0 radical (unpaired) electrons. The number of nitriles is 1. The van der Waals surface area contributed by atoms with Crippen molar-refractivity contribution >= 4 is 11.4 Å². The van der Waals surface area contributed by atoms with Crippen molar-refractivity contribution in [2.75, 3.05) is 5.32 Å². The van der Waals surface area contributed by atoms with Gasteiger partial charge in [-0.3, -0.25) is 4.98 Å². The van der Waals surface area contributed by atoms with Crippen LogP contribution in [-0.2, 0) is 0 Å². The zero-order valence-electron chi connectivity index (χ0n) is 11.4. The molecule has 0 bridgehead atoms. The highest BCUT2D eigenvalue weighted by Gasteiger charge is 2.12. The molecule has 1 heterocycles. The molecule has 2 rings (SSSR count). The molecule has 3 nitrogen and oxygen atoms in total. The van der Waals surface area contributed by atoms with Crippen molar-refractivity contribution < 1.29 is 8.78 Å². The minimum absolute atomic E-state index is 0.00500. The summed E-state index contributed by atoms with van der Waals surface area (Å²) in [6.07, 6.45) is 0. The third-order valence-corrected chi connectivity index (χ3v) is 2.96. The molecule has 0 spiro atoms. The van der Waals surface area contributed by atoms with Gasteiger partial charge in [0.05, 0.1) is 22.6 Å². The largest absolute Gasteiger partial charge is 0.352 e. The van der Waals surface area contributed by atoms with Crippen molar-refractivity contribution in [1.29, 1.82) is 5.26 Å². The van der Waals surface area contributed by atoms with E-state index in [4.69, 9.17) is 5.26 Å². The molecule has 0 aliphatic carbocycles. The standard InChI is InChI=1S/C15H13F2N3/c1-8-4-13(17)15(6-12(8)16)20-14-5-9(2)19-10(3)11(14)7-18/h4-6H,1-3H3,(H,19,20). The minimum atomic E-state index is -0.570. The van der Waals surface area contributed by atoms with Gasteiger partial charge in [0.25, 0.3) is 0 Å². The molecule has 102 valence electrons. The highest BCUT2D eigenvalue weighted by molar-refractivity contribution is 5.68. The van der Waals surface area contributed by atoms with Crippen LogP contribution in [0.3, 0.4) is 0 Å². The molecule has 2 aromatic rings. The van der Waals surface area contributed by atoms with Gasteiger partial charge in [-0.15, -0.1) is 0 Å². The summed E-state index contributed by atoms with van der Waals surface area (Å²) < 4.78 is 27.3. The second-order valence-electron chi connectivity index (χ2n) is 4.59. The predicted molar refractivity (Wildman–Crippen MR) is 72.8 cm³/mol. The Hall–Kier alpha value is -2.48. The Morgan fingerprint density at radius 3 is 2.40 bits per heavy atom. The van der Waals surface area contributed by atoms with E-state index < -0.39 is 11.6 Å². The average molecular weight is 273 g/mol. The van der Waals surface area contributed by atoms with Gasteiger partial charge < -0.3 is 5.32 Å². The minimum Gasteiger partial charge on any atom is -0.352 e. The number of hydrogen-bond acceptors (Lipinski definition) is 3. The lowest BCUT2D eigenvalue weighted by Gasteiger charge is -2.12. The van der Waals surface area contributed by atoms with E-state index in [1.165, 1.54) is 6.92 Å². The molecule has 0 saturated heterocycles. The quantitative estimate of drug-likeness (QED) is 0.902. The summed E-state index contributed by atoms with van der Waals surface area (Å²) in [6.45, 7) is 4.96. The first-order valence-corrected chi connectivity index (χ1v) is 6.03. The smallest absolute Gasteiger partial charge is 0.147 e. The van der Waals surface area contributed by atoms with Crippen LogP contribution in [0.25, 0.3) is 0 Å². The zero-order chi connectivity index (χ0) is 14.9. The monoisotopic (exact) mass is 273 g/mol. The Bertz CT molecular complexity index is 718. The van der Waals surface area contributed by atoms with E-state index >= 15 is 0 Å². The number of aromatic nitrogens is 1. The van der Waals surface area contributed by atoms with Crippen molar-refractivity contribution in [2.45, 2.75) is 20.8 Å². The molecule has 0 aliphatic heterocycles. The molecule has 5 heteroatoms. The third kappa shape index (κ3) is 2.59. The van der Waals surface area contributed by atoms with Gasteiger partial charge in [0.15, 0.2) is 0 Å². The topological polar surface area (TPSA) is 48.7 Å². The van der Waals surface area contributed by atoms with Gasteiger partial charge in [-0.2, -0.15) is 5.26 Å². The lowest BCUT2D eigenvalue weighted by atomic mass is 10.1. The summed E-state index contributed by atoms with van der Waals surface area (Å²) in [6, 6.07) is 5.84. The van der Waals surface area contributed by atoms with Gasteiger partial charge in [-0.05, 0) is 38.5 Å². The Labute approximate surface area is 115 Å². The zero-order valence-corrected chi connectivity index (χ0v) is 11.4. The van der Waals surface area contributed by atoms with Crippen LogP contribution >= 0.6 is 0 Å². The fourth-order valence-electron chi connectivity index (χ4n) is 1.96. The fraction of sp³-hybridized carbons (Fsp3) is 0.200. The number of nitrogens with one attached hydrogen (secondary N) is 1. The van der Waals surface area contributed by atoms with Crippen LogP contribution in [0.4, 0.5) is 20.2 Å². The van der Waals surface area contributed by atoms with Crippen molar-refractivity contribution in [3.05, 3.63) is 52.3 Å². The Balaban J connectivity index is 2.51. The van der Waals surface area contributed by atoms with Crippen LogP contribution in [0.2, 0.25) is 0 Å². The summed E-state index contributed by atoms with van der Waals surface area (Å²) in [4.78, 5) is 4.17. The molecule has 0 atom stereocenters. The highest BCUT2D eigenvalue weighted by atomic mass is 19.1. The van der Waals surface area contributed by atoms with E-state index in [1.807, 2.05) is 6.07 Å². The Kier molecular flexibility index (Phi) is 3.66. The van der Waals surface area contributed by atoms with Crippen molar-refractivity contribution in [2.24, 2.45) is 0 Å². The molecule has 0 aliphatic rings. The summed E-state index contributed by atoms with van der Waals surface area (Å²) in [5.41, 5.74) is 2.20. The van der Waals surface area contributed by atoms with Gasteiger partial charge in [-0.25, -0.2) is 8.78 Å². The SMILES string of the molecule is Cc1cc(Nc2cc(F)c(C)cc2F)c(C#N)c(C)n1. The number of nitrogens with zero attached hydrogens (tertiary/aromatic N) is 2. The summed E-state index contributed by atoms with van der Waals surface area (Å²) in [5, 5.41) is 11.9. The van der Waals surface area contributed by atoms with E-state index in [-0.39, 0.29) is 11.3 Å². The Morgan fingerprint density at radius 1 is 1.05 bits per heavy atom. The van der Waals surface area contributed by atoms with Gasteiger partial charge >= 0.3 is 0 Å². The number of aryl methyl sites for hydroxylation is 3. The van der Waals surface area contributed by atoms with Crippen LogP contribution in [0, 0.1) is 43.7 Å². The molecule has 1 N–H and O–H groups in total. The van der Waals surface area contributed by atoms with Crippen LogP contribution < -0.4 is 5.32 Å². The number of hydrogen-bond donors (Lipinski definition) is 1. The van der Waals surface area contributed by atoms with Crippen LogP contribution in [0.15, 0.2) is 18.2 Å². The van der Waals surface area contributed by atoms with E-state index in [9.17, 15) is 8.78 Å². The molecule has 20 heavy (non-hydrogen) atoms. The molecular formula is C15H13F2N3. The van der Waals surface area contributed by atoms with E-state index in [0.29, 0.717) is 22.6 Å². The lowest BCUT2D eigenvalue weighted by molar-refractivity contribution is 0.595. The summed E-state index contributed by atoms with van der Waals surface area (Å²) >= 11 is 0. The van der Waals surface area contributed by atoms with Crippen LogP contribution in [0.5, 0.6) is 0 Å². The first kappa shape index (κ1) is 13.9. The molecule has 0 unspecified atom stereocenters. The molecule has 0 fully saturated rings. The maximum atomic E-state index is 13.8. The maximum Gasteiger partial charge on any atom is 0.147 e. The molecule has 0 saturated carbocycles. The molecule has 0 amide bonds. The average Bonchev–Trinajstić information content (AvgIpc) is 2.35. The van der Waals surface area contributed by atoms with Gasteiger partial charge in [-0.1, -0.05) is 0 Å². The number of benzene rings is 1. The van der Waals surface area contributed by atoms with Gasteiger partial charge in [0.2, 0.25) is 0 Å². The van der Waals surface area contributed by atoms with E-state index in [1.54, 1.807) is 19.9 Å². The number of pyridine rings is 1. The van der Waals surface area contributed by atoms with Crippen LogP contribution in [-0.4, -0.2) is 4.98 Å². The number of anilines is 2. The molecular weight excluding hydrogens is 260 g/mol. The predicted octanol–water partition coefficient (Wildman–Crippen LogP) is 3.90. The first-order valence-electron chi connectivity index (χ1n) is 6.03. The normalized spacial score (nSPS) is 10.2. The van der Waals surface area contributed by atoms with Crippen molar-refractivity contribution in [3.8, 4) is 6.07 Å². The maximum absolute atomic E-state index is 13.8. The third-order valence-electron chi connectivity index (χ3n) is 2.96. The molecule has 1 aromatic heterocycles. The van der Waals surface area contributed by atoms with Gasteiger partial charge in [0, 0.05) is 11.8 Å². The van der Waals surface area contributed by atoms with Crippen molar-refractivity contribution in [1.82, 2.24) is 4.98 Å². The lowest BCUT2D eigenvalue weighted by Crippen LogP contribution is -2.02. The first-order chi connectivity index (χ1) is 9.42. The van der Waals surface area contributed by atoms with Crippen LogP contribution in [0.1, 0.15) is 22.5 Å². The fourth-order valence-corrected chi connectivity index (χ4v) is 1.96.